The summed E-state index contributed by atoms with van der Waals surface area (Å²) in [5.41, 5.74) is 1.01. The third-order valence-electron chi connectivity index (χ3n) is 7.08. The molecule has 0 aliphatic carbocycles. The first-order valence-corrected chi connectivity index (χ1v) is 14.7. The lowest BCUT2D eigenvalue weighted by Gasteiger charge is -2.46. The Balaban J connectivity index is 2.28. The molecule has 0 unspecified atom stereocenters. The molecule has 5 heteroatoms. The van der Waals surface area contributed by atoms with E-state index in [1.807, 2.05) is 36.4 Å². The summed E-state index contributed by atoms with van der Waals surface area (Å²) >= 11 is 0. The number of methoxy groups -OCH3 is 1. The maximum Gasteiger partial charge on any atom is 0.192 e. The Morgan fingerprint density at radius 2 is 1.78 bits per heavy atom. The standard InChI is InChI=1S/C27H44O4Si/c1-11-12-13-19(2)25(31-32(9,10)27(5,6)7)21(4)24-20(3)18-29-26(30-24)22-14-16-23(28-8)17-15-22/h11-17,19-21,24-26H,1,18H2,2-10H3/b13-12+/t19-,20-,21-,24+,25-,26+/m1/s1. The van der Waals surface area contributed by atoms with Gasteiger partial charge in [-0.25, -0.2) is 0 Å². The zero-order chi connectivity index (χ0) is 24.1. The number of allylic oxidation sites excluding steroid dienone is 2. The lowest BCUT2D eigenvalue weighted by molar-refractivity contribution is -0.256. The Labute approximate surface area is 197 Å². The van der Waals surface area contributed by atoms with Crippen molar-refractivity contribution >= 4 is 8.32 Å². The van der Waals surface area contributed by atoms with Crippen molar-refractivity contribution in [1.82, 2.24) is 0 Å². The van der Waals surface area contributed by atoms with Crippen LogP contribution >= 0.6 is 0 Å². The molecule has 0 bridgehead atoms. The predicted octanol–water partition coefficient (Wildman–Crippen LogP) is 7.15. The smallest absolute Gasteiger partial charge is 0.192 e. The van der Waals surface area contributed by atoms with E-state index in [-0.39, 0.29) is 41.3 Å². The summed E-state index contributed by atoms with van der Waals surface area (Å²) in [6.45, 7) is 22.7. The second-order valence-corrected chi connectivity index (χ2v) is 15.5. The number of ether oxygens (including phenoxy) is 3. The van der Waals surface area contributed by atoms with E-state index in [0.29, 0.717) is 6.61 Å². The van der Waals surface area contributed by atoms with Crippen LogP contribution in [0.3, 0.4) is 0 Å². The molecule has 6 atom stereocenters. The molecular formula is C27H44O4Si. The van der Waals surface area contributed by atoms with E-state index in [1.54, 1.807) is 7.11 Å². The molecular weight excluding hydrogens is 416 g/mol. The van der Waals surface area contributed by atoms with E-state index in [4.69, 9.17) is 18.6 Å². The van der Waals surface area contributed by atoms with Crippen LogP contribution < -0.4 is 4.74 Å². The number of benzene rings is 1. The highest BCUT2D eigenvalue weighted by Gasteiger charge is 2.44. The molecule has 1 aromatic carbocycles. The van der Waals surface area contributed by atoms with Crippen molar-refractivity contribution in [1.29, 1.82) is 0 Å². The molecule has 1 aliphatic heterocycles. The summed E-state index contributed by atoms with van der Waals surface area (Å²) in [5.74, 6) is 1.55. The van der Waals surface area contributed by atoms with E-state index in [9.17, 15) is 0 Å². The Kier molecular flexibility index (Phi) is 9.35. The van der Waals surface area contributed by atoms with Gasteiger partial charge in [-0.15, -0.1) is 0 Å². The number of rotatable bonds is 9. The Hall–Kier alpha value is -1.40. The number of hydrogen-bond acceptors (Lipinski definition) is 4. The third kappa shape index (κ3) is 6.57. The van der Waals surface area contributed by atoms with Crippen LogP contribution in [-0.2, 0) is 13.9 Å². The van der Waals surface area contributed by atoms with Crippen molar-refractivity contribution in [2.45, 2.75) is 78.2 Å². The van der Waals surface area contributed by atoms with Crippen molar-refractivity contribution in [2.24, 2.45) is 17.8 Å². The minimum absolute atomic E-state index is 0.0326. The summed E-state index contributed by atoms with van der Waals surface area (Å²) in [7, 11) is -0.297. The van der Waals surface area contributed by atoms with Gasteiger partial charge < -0.3 is 18.6 Å². The van der Waals surface area contributed by atoms with Gasteiger partial charge in [0.25, 0.3) is 0 Å². The van der Waals surface area contributed by atoms with Crippen LogP contribution in [0.25, 0.3) is 0 Å². The van der Waals surface area contributed by atoms with Gasteiger partial charge in [0.2, 0.25) is 0 Å². The van der Waals surface area contributed by atoms with Gasteiger partial charge in [-0.3, -0.25) is 0 Å². The molecule has 1 saturated heterocycles. The van der Waals surface area contributed by atoms with Gasteiger partial charge in [0.15, 0.2) is 14.6 Å². The molecule has 1 fully saturated rings. The highest BCUT2D eigenvalue weighted by molar-refractivity contribution is 6.74. The fourth-order valence-corrected chi connectivity index (χ4v) is 5.45. The van der Waals surface area contributed by atoms with Crippen LogP contribution in [0.4, 0.5) is 0 Å². The molecule has 4 nitrogen and oxygen atoms in total. The molecule has 1 aromatic rings. The summed E-state index contributed by atoms with van der Waals surface area (Å²) < 4.78 is 25.0. The summed E-state index contributed by atoms with van der Waals surface area (Å²) in [5, 5.41) is 0.140. The predicted molar refractivity (Wildman–Crippen MR) is 135 cm³/mol. The summed E-state index contributed by atoms with van der Waals surface area (Å²) in [6, 6.07) is 7.93. The van der Waals surface area contributed by atoms with Gasteiger partial charge >= 0.3 is 0 Å². The maximum absolute atomic E-state index is 7.01. The Morgan fingerprint density at radius 1 is 1.16 bits per heavy atom. The van der Waals surface area contributed by atoms with Crippen molar-refractivity contribution in [3.05, 3.63) is 54.6 Å². The first kappa shape index (κ1) is 26.8. The van der Waals surface area contributed by atoms with Gasteiger partial charge in [-0.2, -0.15) is 0 Å². The first-order valence-electron chi connectivity index (χ1n) is 11.8. The van der Waals surface area contributed by atoms with Gasteiger partial charge in [-0.05, 0) is 36.2 Å². The molecule has 32 heavy (non-hydrogen) atoms. The van der Waals surface area contributed by atoms with Crippen LogP contribution in [0, 0.1) is 17.8 Å². The molecule has 0 N–H and O–H groups in total. The molecule has 0 saturated carbocycles. The molecule has 2 rings (SSSR count). The normalized spacial score (nSPS) is 25.3. The van der Waals surface area contributed by atoms with E-state index in [2.05, 4.69) is 67.3 Å². The summed E-state index contributed by atoms with van der Waals surface area (Å²) in [4.78, 5) is 0. The lowest BCUT2D eigenvalue weighted by Crippen LogP contribution is -2.51. The minimum atomic E-state index is -1.97. The fourth-order valence-electron chi connectivity index (χ4n) is 3.99. The Morgan fingerprint density at radius 3 is 2.31 bits per heavy atom. The summed E-state index contributed by atoms with van der Waals surface area (Å²) in [6.07, 6.45) is 5.76. The van der Waals surface area contributed by atoms with Gasteiger partial charge in [-0.1, -0.05) is 78.5 Å². The molecule has 0 radical (unpaired) electrons. The van der Waals surface area contributed by atoms with E-state index in [1.165, 1.54) is 0 Å². The van der Waals surface area contributed by atoms with Crippen molar-refractivity contribution in [3.63, 3.8) is 0 Å². The van der Waals surface area contributed by atoms with Gasteiger partial charge in [0.1, 0.15) is 5.75 Å². The van der Waals surface area contributed by atoms with Crippen molar-refractivity contribution in [2.75, 3.05) is 13.7 Å². The largest absolute Gasteiger partial charge is 0.497 e. The average Bonchev–Trinajstić information content (AvgIpc) is 2.75. The quantitative estimate of drug-likeness (QED) is 0.290. The molecule has 0 spiro atoms. The molecule has 1 heterocycles. The third-order valence-corrected chi connectivity index (χ3v) is 11.6. The molecule has 0 aromatic heterocycles. The van der Waals surface area contributed by atoms with Crippen LogP contribution in [0.5, 0.6) is 5.75 Å². The van der Waals surface area contributed by atoms with Crippen molar-refractivity contribution in [3.8, 4) is 5.75 Å². The minimum Gasteiger partial charge on any atom is -0.497 e. The van der Waals surface area contributed by atoms with Crippen LogP contribution in [-0.4, -0.2) is 34.2 Å². The lowest BCUT2D eigenvalue weighted by atomic mass is 9.83. The zero-order valence-corrected chi connectivity index (χ0v) is 22.6. The maximum atomic E-state index is 7.01. The SMILES string of the molecule is C=C/C=C/[C@@H](C)[C@@H](O[Si](C)(C)C(C)(C)C)[C@H](C)[C@H]1O[C@@H](c2ccc(OC)cc2)OC[C@H]1C. The highest BCUT2D eigenvalue weighted by Crippen LogP contribution is 2.42. The molecule has 0 amide bonds. The highest BCUT2D eigenvalue weighted by atomic mass is 28.4. The second-order valence-electron chi connectivity index (χ2n) is 10.7. The topological polar surface area (TPSA) is 36.9 Å². The monoisotopic (exact) mass is 460 g/mol. The molecule has 1 aliphatic rings. The molecule has 180 valence electrons. The van der Waals surface area contributed by atoms with Crippen LogP contribution in [0.15, 0.2) is 49.1 Å². The van der Waals surface area contributed by atoms with Gasteiger partial charge in [0.05, 0.1) is 25.9 Å². The average molecular weight is 461 g/mol. The van der Waals surface area contributed by atoms with E-state index < -0.39 is 8.32 Å². The van der Waals surface area contributed by atoms with E-state index >= 15 is 0 Å². The Bertz CT molecular complexity index is 750. The van der Waals surface area contributed by atoms with Crippen LogP contribution in [0.1, 0.15) is 53.4 Å². The zero-order valence-electron chi connectivity index (χ0n) is 21.6. The van der Waals surface area contributed by atoms with Crippen molar-refractivity contribution < 1.29 is 18.6 Å². The second kappa shape index (κ2) is 11.1. The van der Waals surface area contributed by atoms with Gasteiger partial charge in [0, 0.05) is 17.4 Å². The van der Waals surface area contributed by atoms with Crippen LogP contribution in [0.2, 0.25) is 18.1 Å². The van der Waals surface area contributed by atoms with E-state index in [0.717, 1.165) is 11.3 Å². The fraction of sp³-hybridized carbons (Fsp3) is 0.630. The first-order chi connectivity index (χ1) is 14.9. The number of hydrogen-bond donors (Lipinski definition) is 0.